The minimum Gasteiger partial charge on any atom is -0.475 e. The number of aliphatic hydroxyl groups excluding tert-OH is 1. The number of aliphatic hydroxyl groups is 1. The van der Waals surface area contributed by atoms with E-state index in [4.69, 9.17) is 63.9 Å². The van der Waals surface area contributed by atoms with Crippen molar-refractivity contribution in [1.82, 2.24) is 0 Å². The van der Waals surface area contributed by atoms with Gasteiger partial charge in [0.2, 0.25) is 51.8 Å². The molecule has 10 aromatic rings. The first-order chi connectivity index (χ1) is 50.4. The lowest BCUT2D eigenvalue weighted by molar-refractivity contribution is -0.142. The van der Waals surface area contributed by atoms with Crippen molar-refractivity contribution in [2.24, 2.45) is 0 Å². The quantitative estimate of drug-likeness (QED) is 0.0201. The van der Waals surface area contributed by atoms with Gasteiger partial charge in [-0.2, -0.15) is 0 Å². The van der Waals surface area contributed by atoms with E-state index in [0.29, 0.717) is 86.5 Å². The number of carboxylic acid groups (broad SMARTS) is 8. The fourth-order valence-electron chi connectivity index (χ4n) is 5.98. The maximum atomic E-state index is 11.0. The smallest absolute Gasteiger partial charge is 0.374 e. The summed E-state index contributed by atoms with van der Waals surface area (Å²) in [4.78, 5) is 183. The highest BCUT2D eigenvalue weighted by atomic mass is 16.6. The summed E-state index contributed by atoms with van der Waals surface area (Å²) >= 11 is 0. The molecule has 0 radical (unpaired) electrons. The van der Waals surface area contributed by atoms with Gasteiger partial charge in [0.05, 0.1) is 6.61 Å². The molecule has 0 saturated heterocycles. The minimum atomic E-state index is -1.28. The molecule has 106 heavy (non-hydrogen) atoms. The fourth-order valence-corrected chi connectivity index (χ4v) is 5.98. The number of carboxylic acids is 8. The Labute approximate surface area is 589 Å². The molecular weight excluding hydrogens is 1430 g/mol. The summed E-state index contributed by atoms with van der Waals surface area (Å²) in [5.41, 5.74) is 0. The Hall–Kier alpha value is -15.2. The average Bonchev–Trinajstić information content (AvgIpc) is 1.71. The van der Waals surface area contributed by atoms with Crippen LogP contribution in [0.1, 0.15) is 217 Å². The lowest BCUT2D eigenvalue weighted by Crippen LogP contribution is -2.03. The van der Waals surface area contributed by atoms with Crippen LogP contribution in [0, 0.1) is 0 Å². The van der Waals surface area contributed by atoms with Crippen LogP contribution in [0.2, 0.25) is 0 Å². The Bertz CT molecular complexity index is 4160. The molecule has 40 heteroatoms. The second-order valence-electron chi connectivity index (χ2n) is 17.9. The molecule has 0 aromatic carbocycles. The molecule has 0 spiro atoms. The predicted octanol–water partition coefficient (Wildman–Crippen LogP) is 9.15. The Kier molecular flexibility index (Phi) is 40.6. The molecule has 9 N–H and O–H groups in total. The molecule has 0 fully saturated rings. The van der Waals surface area contributed by atoms with E-state index < -0.39 is 53.7 Å². The van der Waals surface area contributed by atoms with Crippen molar-refractivity contribution in [2.75, 3.05) is 13.2 Å². The zero-order valence-electron chi connectivity index (χ0n) is 54.4. The normalized spacial score (nSPS) is 9.40. The first-order valence-corrected chi connectivity index (χ1v) is 28.3. The Balaban J connectivity index is 0.000000590. The number of rotatable bonds is 24. The number of carbonyl (C=O) groups excluding carboxylic acids is 10. The van der Waals surface area contributed by atoms with E-state index in [0.717, 1.165) is 12.1 Å². The molecule has 0 aliphatic carbocycles. The highest BCUT2D eigenvalue weighted by molar-refractivity contribution is 5.91. The van der Waals surface area contributed by atoms with Crippen molar-refractivity contribution in [2.45, 2.75) is 40.6 Å². The van der Waals surface area contributed by atoms with E-state index in [9.17, 15) is 86.3 Å². The number of furan rings is 10. The molecule has 10 aromatic heterocycles. The standard InChI is InChI=1S/C8H8O5.C8H8O4.C8H10O3.C6H4O5.5C6H4O4.C6H6O3/c1-2-12-8(11)6-4-3-5(13-6)7(9)10;1-6(10)11-5-8-3-2-7(4-9)12-8;1-2-10-6-8-4-3-7(5-9)11-8;7-5(8)3-1-2-4(11-3)6(9)10;5*7-3-4-1-2-5(10-4)6(8)9;7-3-5-1-2-6(4-8)9-5/h3-4H,2H2,1H3,(H,9,10);2-4H,5H2,1H3;3-5H,2,6H2,1H3;1-2H,(H,7,8)(H,9,10);5*1-3H,(H,8,9);1-3,8H,4H2. The van der Waals surface area contributed by atoms with Crippen molar-refractivity contribution >= 4 is 110 Å². The zero-order chi connectivity index (χ0) is 79.8. The second kappa shape index (κ2) is 48.5. The molecule has 0 bridgehead atoms. The number of ether oxygens (including phenoxy) is 3. The first kappa shape index (κ1) is 88.8. The molecule has 0 aliphatic heterocycles. The number of esters is 2. The SMILES string of the molecule is CC(=O)OCc1ccc(C=O)o1.CCOC(=O)c1ccc(C(=O)O)o1.CCOCc1ccc(C=O)o1.O=C(O)c1ccc(C(=O)O)o1.O=Cc1ccc(C(=O)O)o1.O=Cc1ccc(C(=O)O)o1.O=Cc1ccc(C(=O)O)o1.O=Cc1ccc(C(=O)O)o1.O=Cc1ccc(C(=O)O)o1.O=Cc1ccc(CO)o1. The molecule has 10 rings (SSSR count). The largest absolute Gasteiger partial charge is 0.475 e. The Morgan fingerprint density at radius 1 is 0.283 bits per heavy atom. The lowest BCUT2D eigenvalue weighted by Gasteiger charge is -1.96. The van der Waals surface area contributed by atoms with Crippen molar-refractivity contribution in [3.8, 4) is 0 Å². The second-order valence-corrected chi connectivity index (χ2v) is 17.9. The first-order valence-electron chi connectivity index (χ1n) is 28.3. The van der Waals surface area contributed by atoms with Crippen LogP contribution in [0.3, 0.4) is 0 Å². The molecule has 0 atom stereocenters. The summed E-state index contributed by atoms with van der Waals surface area (Å²) in [5, 5.41) is 74.9. The Morgan fingerprint density at radius 2 is 0.500 bits per heavy atom. The third-order valence-corrected chi connectivity index (χ3v) is 10.5. The molecule has 0 amide bonds. The number of carbonyl (C=O) groups is 18. The minimum absolute atomic E-state index is 0.0254. The van der Waals surface area contributed by atoms with Crippen LogP contribution in [0.4, 0.5) is 0 Å². The zero-order valence-corrected chi connectivity index (χ0v) is 54.4. The third-order valence-electron chi connectivity index (χ3n) is 10.5. The van der Waals surface area contributed by atoms with E-state index in [1.807, 2.05) is 6.92 Å². The van der Waals surface area contributed by atoms with Crippen molar-refractivity contribution in [1.29, 1.82) is 0 Å². The van der Waals surface area contributed by atoms with E-state index in [1.165, 1.54) is 91.9 Å². The molecule has 560 valence electrons. The van der Waals surface area contributed by atoms with Gasteiger partial charge in [0.25, 0.3) is 0 Å². The number of aromatic carboxylic acids is 8. The van der Waals surface area contributed by atoms with Gasteiger partial charge in [0, 0.05) is 13.5 Å². The predicted molar refractivity (Wildman–Crippen MR) is 339 cm³/mol. The third kappa shape index (κ3) is 34.5. The number of aldehydes is 8. The van der Waals surface area contributed by atoms with Crippen LogP contribution in [-0.4, -0.2) is 169 Å². The van der Waals surface area contributed by atoms with Gasteiger partial charge in [-0.15, -0.1) is 0 Å². The van der Waals surface area contributed by atoms with Crippen LogP contribution in [-0.2, 0) is 38.8 Å². The number of hydrogen-bond donors (Lipinski definition) is 9. The van der Waals surface area contributed by atoms with Crippen LogP contribution < -0.4 is 0 Å². The van der Waals surface area contributed by atoms with E-state index in [2.05, 4.69) is 40.4 Å². The summed E-state index contributed by atoms with van der Waals surface area (Å²) in [5.74, 6) is -10.4. The van der Waals surface area contributed by atoms with Gasteiger partial charge in [0.1, 0.15) is 37.1 Å². The van der Waals surface area contributed by atoms with Crippen molar-refractivity contribution < 1.29 is 191 Å². The van der Waals surface area contributed by atoms with E-state index >= 15 is 0 Å². The summed E-state index contributed by atoms with van der Waals surface area (Å²) in [6.45, 7) is 6.09. The van der Waals surface area contributed by atoms with Crippen LogP contribution in [0.15, 0.2) is 165 Å². The van der Waals surface area contributed by atoms with Crippen LogP contribution in [0.5, 0.6) is 0 Å². The summed E-state index contributed by atoms with van der Waals surface area (Å²) < 4.78 is 60.8. The topological polar surface area (TPSA) is 648 Å². The molecular formula is C66H56O40. The summed E-state index contributed by atoms with van der Waals surface area (Å²) in [7, 11) is 0. The van der Waals surface area contributed by atoms with Gasteiger partial charge < -0.3 is 104 Å². The van der Waals surface area contributed by atoms with E-state index in [-0.39, 0.29) is 118 Å². The highest BCUT2D eigenvalue weighted by Gasteiger charge is 2.17. The molecule has 0 aliphatic rings. The lowest BCUT2D eigenvalue weighted by atomic mass is 10.4. The van der Waals surface area contributed by atoms with Gasteiger partial charge in [-0.1, -0.05) is 0 Å². The van der Waals surface area contributed by atoms with E-state index in [1.54, 1.807) is 31.2 Å². The summed E-state index contributed by atoms with van der Waals surface area (Å²) in [6, 6.07) is 26.8. The summed E-state index contributed by atoms with van der Waals surface area (Å²) in [6.07, 6.45) is 4.12. The van der Waals surface area contributed by atoms with Crippen molar-refractivity contribution in [3.05, 3.63) is 237 Å². The van der Waals surface area contributed by atoms with Gasteiger partial charge in [-0.3, -0.25) is 43.2 Å². The monoisotopic (exact) mass is 1490 g/mol. The molecule has 10 heterocycles. The fraction of sp³-hybridized carbons (Fsp3) is 0.121. The van der Waals surface area contributed by atoms with Crippen LogP contribution in [0.25, 0.3) is 0 Å². The maximum absolute atomic E-state index is 11.0. The molecule has 0 saturated carbocycles. The van der Waals surface area contributed by atoms with Crippen molar-refractivity contribution in [3.63, 3.8) is 0 Å². The molecule has 40 nitrogen and oxygen atoms in total. The highest BCUT2D eigenvalue weighted by Crippen LogP contribution is 2.13. The number of hydrogen-bond acceptors (Lipinski definition) is 32. The van der Waals surface area contributed by atoms with Gasteiger partial charge in [-0.05, 0) is 135 Å². The van der Waals surface area contributed by atoms with Gasteiger partial charge in [0.15, 0.2) is 96.4 Å². The maximum Gasteiger partial charge on any atom is 0.374 e. The van der Waals surface area contributed by atoms with Gasteiger partial charge >= 0.3 is 59.7 Å². The van der Waals surface area contributed by atoms with Crippen LogP contribution >= 0.6 is 0 Å². The Morgan fingerprint density at radius 3 is 0.698 bits per heavy atom. The average molecular weight is 1490 g/mol. The molecule has 0 unspecified atom stereocenters. The van der Waals surface area contributed by atoms with Gasteiger partial charge in [-0.25, -0.2) is 43.2 Å².